The first kappa shape index (κ1) is 23.7. The van der Waals surface area contributed by atoms with Gasteiger partial charge < -0.3 is 20.2 Å². The number of nitrogens with one attached hydrogen (secondary N) is 2. The van der Waals surface area contributed by atoms with Crippen molar-refractivity contribution in [1.82, 2.24) is 5.32 Å². The predicted octanol–water partition coefficient (Wildman–Crippen LogP) is 5.96. The third-order valence-electron chi connectivity index (χ3n) is 6.49. The molecular formula is C26H28F2N2O4. The van der Waals surface area contributed by atoms with E-state index in [1.807, 2.05) is 6.92 Å². The van der Waals surface area contributed by atoms with E-state index in [9.17, 15) is 18.4 Å². The molecule has 1 aromatic heterocycles. The van der Waals surface area contributed by atoms with Crippen LogP contribution in [0.2, 0.25) is 0 Å². The summed E-state index contributed by atoms with van der Waals surface area (Å²) in [6, 6.07) is 8.79. The number of aryl methyl sites for hydroxylation is 1. The standard InChI is InChI=1S/C26H28F2N2O4/c1-15-20-13-18(27)14-21(28)25(20)34-24(15)23(16-5-3-2-4-6-16)30-19-9-7-17(8-10-19)26(33)29-12-11-22(31)32/h7-10,13-14,16,23,30H,2-6,11-12H2,1H3,(H,29,33)(H,31,32). The van der Waals surface area contributed by atoms with Crippen molar-refractivity contribution in [3.8, 4) is 0 Å². The van der Waals surface area contributed by atoms with Crippen LogP contribution in [-0.4, -0.2) is 23.5 Å². The van der Waals surface area contributed by atoms with E-state index in [4.69, 9.17) is 9.52 Å². The van der Waals surface area contributed by atoms with Crippen molar-refractivity contribution in [2.24, 2.45) is 5.92 Å². The van der Waals surface area contributed by atoms with Gasteiger partial charge in [-0.15, -0.1) is 0 Å². The van der Waals surface area contributed by atoms with Crippen LogP contribution in [0.1, 0.15) is 66.2 Å². The van der Waals surface area contributed by atoms with Crippen LogP contribution in [-0.2, 0) is 4.79 Å². The van der Waals surface area contributed by atoms with Crippen LogP contribution < -0.4 is 10.6 Å². The molecule has 0 spiro atoms. The summed E-state index contributed by atoms with van der Waals surface area (Å²) in [7, 11) is 0. The number of hydrogen-bond acceptors (Lipinski definition) is 4. The van der Waals surface area contributed by atoms with Crippen molar-refractivity contribution in [2.75, 3.05) is 11.9 Å². The Balaban J connectivity index is 1.59. The van der Waals surface area contributed by atoms with Gasteiger partial charge in [-0.1, -0.05) is 19.3 Å². The van der Waals surface area contributed by atoms with Gasteiger partial charge >= 0.3 is 5.97 Å². The molecule has 8 heteroatoms. The van der Waals surface area contributed by atoms with E-state index in [1.54, 1.807) is 24.3 Å². The Labute approximate surface area is 196 Å². The molecule has 1 saturated carbocycles. The molecule has 3 aromatic rings. The molecule has 0 bridgehead atoms. The summed E-state index contributed by atoms with van der Waals surface area (Å²) in [5.41, 5.74) is 1.96. The van der Waals surface area contributed by atoms with Gasteiger partial charge in [0.1, 0.15) is 11.6 Å². The maximum atomic E-state index is 14.4. The first-order valence-electron chi connectivity index (χ1n) is 11.6. The number of hydrogen-bond donors (Lipinski definition) is 3. The highest BCUT2D eigenvalue weighted by Gasteiger charge is 2.30. The smallest absolute Gasteiger partial charge is 0.305 e. The third-order valence-corrected chi connectivity index (χ3v) is 6.49. The summed E-state index contributed by atoms with van der Waals surface area (Å²) >= 11 is 0. The van der Waals surface area contributed by atoms with Gasteiger partial charge in [-0.3, -0.25) is 9.59 Å². The van der Waals surface area contributed by atoms with Gasteiger partial charge in [0, 0.05) is 34.8 Å². The normalized spacial score (nSPS) is 15.3. The average molecular weight is 471 g/mol. The second kappa shape index (κ2) is 10.2. The lowest BCUT2D eigenvalue weighted by atomic mass is 9.82. The molecule has 0 radical (unpaired) electrons. The number of furan rings is 1. The lowest BCUT2D eigenvalue weighted by Gasteiger charge is -2.31. The van der Waals surface area contributed by atoms with Crippen LogP contribution in [0.25, 0.3) is 11.0 Å². The summed E-state index contributed by atoms with van der Waals surface area (Å²) in [6.07, 6.45) is 5.22. The summed E-state index contributed by atoms with van der Waals surface area (Å²) in [4.78, 5) is 22.8. The number of halogens is 2. The van der Waals surface area contributed by atoms with Crippen LogP contribution >= 0.6 is 0 Å². The number of carbonyl (C=O) groups excluding carboxylic acids is 1. The fourth-order valence-corrected chi connectivity index (χ4v) is 4.71. The molecular weight excluding hydrogens is 442 g/mol. The number of benzene rings is 2. The quantitative estimate of drug-likeness (QED) is 0.378. The van der Waals surface area contributed by atoms with E-state index in [0.717, 1.165) is 37.4 Å². The van der Waals surface area contributed by atoms with Crippen molar-refractivity contribution >= 4 is 28.5 Å². The molecule has 1 unspecified atom stereocenters. The number of amides is 1. The molecule has 180 valence electrons. The number of carbonyl (C=O) groups is 2. The topological polar surface area (TPSA) is 91.6 Å². The molecule has 1 atom stereocenters. The summed E-state index contributed by atoms with van der Waals surface area (Å²) in [6.45, 7) is 1.88. The highest BCUT2D eigenvalue weighted by Crippen LogP contribution is 2.41. The molecule has 1 fully saturated rings. The SMILES string of the molecule is Cc1c(C(Nc2ccc(C(=O)NCCC(=O)O)cc2)C2CCCCC2)oc2c(F)cc(F)cc12. The molecule has 6 nitrogen and oxygen atoms in total. The Kier molecular flexibility index (Phi) is 7.14. The van der Waals surface area contributed by atoms with Crippen LogP contribution in [0.4, 0.5) is 14.5 Å². The van der Waals surface area contributed by atoms with E-state index < -0.39 is 17.6 Å². The van der Waals surface area contributed by atoms with E-state index in [2.05, 4.69) is 10.6 Å². The van der Waals surface area contributed by atoms with Crippen molar-refractivity contribution in [3.63, 3.8) is 0 Å². The van der Waals surface area contributed by atoms with Crippen molar-refractivity contribution in [3.05, 3.63) is 64.9 Å². The molecule has 0 saturated heterocycles. The van der Waals surface area contributed by atoms with Gasteiger partial charge in [0.05, 0.1) is 12.5 Å². The van der Waals surface area contributed by atoms with Gasteiger partial charge in [-0.05, 0) is 56.0 Å². The van der Waals surface area contributed by atoms with Crippen molar-refractivity contribution in [2.45, 2.75) is 51.5 Å². The summed E-state index contributed by atoms with van der Waals surface area (Å²) in [5, 5.41) is 15.2. The molecule has 1 amide bonds. The fraction of sp³-hybridized carbons (Fsp3) is 0.385. The van der Waals surface area contributed by atoms with E-state index >= 15 is 0 Å². The van der Waals surface area contributed by atoms with Crippen molar-refractivity contribution < 1.29 is 27.9 Å². The summed E-state index contributed by atoms with van der Waals surface area (Å²) in [5.74, 6) is -1.81. The number of aliphatic carboxylic acids is 1. The van der Waals surface area contributed by atoms with E-state index in [0.29, 0.717) is 22.3 Å². The monoisotopic (exact) mass is 470 g/mol. The number of carboxylic acid groups (broad SMARTS) is 1. The zero-order valence-corrected chi connectivity index (χ0v) is 19.0. The second-order valence-corrected chi connectivity index (χ2v) is 8.85. The molecule has 0 aliphatic heterocycles. The number of anilines is 1. The Morgan fingerprint density at radius 1 is 1.12 bits per heavy atom. The Hall–Kier alpha value is -3.42. The summed E-state index contributed by atoms with van der Waals surface area (Å²) < 4.78 is 34.2. The number of rotatable bonds is 8. The Bertz CT molecular complexity index is 1180. The van der Waals surface area contributed by atoms with Gasteiger partial charge in [-0.2, -0.15) is 0 Å². The van der Waals surface area contributed by atoms with Crippen LogP contribution in [0, 0.1) is 24.5 Å². The van der Waals surface area contributed by atoms with Crippen LogP contribution in [0.3, 0.4) is 0 Å². The number of carboxylic acids is 1. The molecule has 1 aliphatic rings. The van der Waals surface area contributed by atoms with Crippen LogP contribution in [0.15, 0.2) is 40.8 Å². The van der Waals surface area contributed by atoms with Gasteiger partial charge in [0.25, 0.3) is 5.91 Å². The van der Waals surface area contributed by atoms with Gasteiger partial charge in [0.2, 0.25) is 0 Å². The minimum absolute atomic E-state index is 0.0560. The molecule has 4 rings (SSSR count). The van der Waals surface area contributed by atoms with Crippen molar-refractivity contribution in [1.29, 1.82) is 0 Å². The lowest BCUT2D eigenvalue weighted by molar-refractivity contribution is -0.136. The minimum Gasteiger partial charge on any atom is -0.481 e. The first-order chi connectivity index (χ1) is 16.3. The largest absolute Gasteiger partial charge is 0.481 e. The third kappa shape index (κ3) is 5.21. The maximum absolute atomic E-state index is 14.4. The Morgan fingerprint density at radius 2 is 1.82 bits per heavy atom. The van der Waals surface area contributed by atoms with E-state index in [-0.39, 0.29) is 36.4 Å². The zero-order valence-electron chi connectivity index (χ0n) is 19.0. The number of fused-ring (bicyclic) bond motifs is 1. The van der Waals surface area contributed by atoms with Gasteiger partial charge in [-0.25, -0.2) is 8.78 Å². The zero-order chi connectivity index (χ0) is 24.2. The molecule has 34 heavy (non-hydrogen) atoms. The molecule has 1 aliphatic carbocycles. The highest BCUT2D eigenvalue weighted by molar-refractivity contribution is 5.94. The highest BCUT2D eigenvalue weighted by atomic mass is 19.1. The maximum Gasteiger partial charge on any atom is 0.305 e. The lowest BCUT2D eigenvalue weighted by Crippen LogP contribution is -2.26. The first-order valence-corrected chi connectivity index (χ1v) is 11.6. The fourth-order valence-electron chi connectivity index (χ4n) is 4.71. The second-order valence-electron chi connectivity index (χ2n) is 8.85. The molecule has 1 heterocycles. The molecule has 2 aromatic carbocycles. The Morgan fingerprint density at radius 3 is 2.50 bits per heavy atom. The predicted molar refractivity (Wildman–Crippen MR) is 125 cm³/mol. The van der Waals surface area contributed by atoms with E-state index in [1.165, 1.54) is 12.5 Å². The molecule has 3 N–H and O–H groups in total. The van der Waals surface area contributed by atoms with Crippen LogP contribution in [0.5, 0.6) is 0 Å². The average Bonchev–Trinajstić information content (AvgIpc) is 3.14. The van der Waals surface area contributed by atoms with Gasteiger partial charge in [0.15, 0.2) is 11.4 Å². The minimum atomic E-state index is -0.975.